The number of carbonyl (C=O) groups excluding carboxylic acids is 2. The van der Waals surface area contributed by atoms with Gasteiger partial charge in [-0.3, -0.25) is 9.59 Å². The number of benzene rings is 2. The van der Waals surface area contributed by atoms with Crippen LogP contribution in [0, 0.1) is 6.92 Å². The van der Waals surface area contributed by atoms with Crippen molar-refractivity contribution in [1.82, 2.24) is 4.90 Å². The third kappa shape index (κ3) is 3.38. The van der Waals surface area contributed by atoms with E-state index in [-0.39, 0.29) is 17.4 Å². The van der Waals surface area contributed by atoms with Crippen molar-refractivity contribution in [3.63, 3.8) is 0 Å². The van der Waals surface area contributed by atoms with Gasteiger partial charge in [0.2, 0.25) is 0 Å². The molecule has 0 aliphatic carbocycles. The molecule has 0 spiro atoms. The summed E-state index contributed by atoms with van der Waals surface area (Å²) in [5, 5.41) is 11.2. The lowest BCUT2D eigenvalue weighted by Crippen LogP contribution is -2.30. The van der Waals surface area contributed by atoms with Crippen LogP contribution in [0.25, 0.3) is 5.76 Å². The van der Waals surface area contributed by atoms with Crippen LogP contribution in [0.2, 0.25) is 0 Å². The van der Waals surface area contributed by atoms with Crippen LogP contribution in [-0.4, -0.2) is 34.3 Å². The Kier molecular flexibility index (Phi) is 5.37. The van der Waals surface area contributed by atoms with Gasteiger partial charge in [-0.1, -0.05) is 37.6 Å². The van der Waals surface area contributed by atoms with Crippen LogP contribution in [0.5, 0.6) is 5.75 Å². The van der Waals surface area contributed by atoms with E-state index in [2.05, 4.69) is 0 Å². The lowest BCUT2D eigenvalue weighted by atomic mass is 9.92. The second-order valence-electron chi connectivity index (χ2n) is 8.16. The van der Waals surface area contributed by atoms with Gasteiger partial charge in [0.25, 0.3) is 11.7 Å². The van der Waals surface area contributed by atoms with E-state index in [9.17, 15) is 14.7 Å². The monoisotopic (exact) mass is 405 g/mol. The quantitative estimate of drug-likeness (QED) is 0.451. The van der Waals surface area contributed by atoms with E-state index in [1.54, 1.807) is 11.0 Å². The average Bonchev–Trinajstić information content (AvgIpc) is 3.22. The van der Waals surface area contributed by atoms with E-state index in [1.165, 1.54) is 0 Å². The highest BCUT2D eigenvalue weighted by atomic mass is 16.5. The SMILES string of the molecule is CCCCN1C(=O)C(=O)/C(=C(/O)c2ccc3c(c2)CC(C)O3)C1c1ccccc1C. The zero-order valence-corrected chi connectivity index (χ0v) is 17.6. The number of ketones is 1. The highest BCUT2D eigenvalue weighted by Gasteiger charge is 2.46. The Hall–Kier alpha value is -3.08. The first kappa shape index (κ1) is 20.2. The van der Waals surface area contributed by atoms with Gasteiger partial charge in [-0.05, 0) is 55.2 Å². The average molecular weight is 405 g/mol. The number of aliphatic hydroxyl groups is 1. The molecular weight excluding hydrogens is 378 g/mol. The summed E-state index contributed by atoms with van der Waals surface area (Å²) in [4.78, 5) is 27.5. The number of aliphatic hydroxyl groups excluding tert-OH is 1. The van der Waals surface area contributed by atoms with Crippen LogP contribution in [0.4, 0.5) is 0 Å². The number of unbranched alkanes of at least 4 members (excludes halogenated alkanes) is 1. The lowest BCUT2D eigenvalue weighted by molar-refractivity contribution is -0.139. The van der Waals surface area contributed by atoms with Crippen molar-refractivity contribution in [1.29, 1.82) is 0 Å². The summed E-state index contributed by atoms with van der Waals surface area (Å²) in [5.41, 5.74) is 3.55. The Morgan fingerprint density at radius 1 is 1.20 bits per heavy atom. The van der Waals surface area contributed by atoms with Gasteiger partial charge >= 0.3 is 0 Å². The number of likely N-dealkylation sites (tertiary alicyclic amines) is 1. The third-order valence-corrected chi connectivity index (χ3v) is 5.95. The first-order valence-corrected chi connectivity index (χ1v) is 10.6. The molecule has 2 aliphatic rings. The molecule has 2 unspecified atom stereocenters. The maximum Gasteiger partial charge on any atom is 0.295 e. The highest BCUT2D eigenvalue weighted by Crippen LogP contribution is 2.41. The molecule has 0 radical (unpaired) electrons. The molecule has 5 heteroatoms. The van der Waals surface area contributed by atoms with E-state index in [1.807, 2.05) is 57.2 Å². The van der Waals surface area contributed by atoms with Crippen LogP contribution in [0.15, 0.2) is 48.0 Å². The van der Waals surface area contributed by atoms with Gasteiger partial charge in [-0.2, -0.15) is 0 Å². The predicted molar refractivity (Wildman–Crippen MR) is 115 cm³/mol. The molecule has 4 rings (SSSR count). The highest BCUT2D eigenvalue weighted by molar-refractivity contribution is 6.46. The second-order valence-corrected chi connectivity index (χ2v) is 8.16. The molecular formula is C25H27NO4. The molecule has 2 aromatic rings. The van der Waals surface area contributed by atoms with Crippen LogP contribution in [0.3, 0.4) is 0 Å². The summed E-state index contributed by atoms with van der Waals surface area (Å²) >= 11 is 0. The maximum atomic E-state index is 13.0. The molecule has 1 amide bonds. The number of hydrogen-bond donors (Lipinski definition) is 1. The molecule has 0 saturated carbocycles. The van der Waals surface area contributed by atoms with Crippen LogP contribution < -0.4 is 4.74 Å². The Balaban J connectivity index is 1.85. The Labute approximate surface area is 177 Å². The van der Waals surface area contributed by atoms with E-state index in [0.717, 1.165) is 41.7 Å². The van der Waals surface area contributed by atoms with Crippen molar-refractivity contribution in [2.24, 2.45) is 0 Å². The minimum Gasteiger partial charge on any atom is -0.507 e. The van der Waals surface area contributed by atoms with Crippen LogP contribution >= 0.6 is 0 Å². The number of fused-ring (bicyclic) bond motifs is 1. The minimum absolute atomic E-state index is 0.0870. The molecule has 2 atom stereocenters. The number of ether oxygens (including phenoxy) is 1. The molecule has 156 valence electrons. The fourth-order valence-electron chi connectivity index (χ4n) is 4.38. The van der Waals surface area contributed by atoms with Crippen molar-refractivity contribution < 1.29 is 19.4 Å². The van der Waals surface area contributed by atoms with Gasteiger partial charge in [0.05, 0.1) is 11.6 Å². The molecule has 2 aromatic carbocycles. The maximum absolute atomic E-state index is 13.0. The standard InChI is InChI=1S/C25H27NO4/c1-4-5-12-26-22(19-9-7-6-8-15(19)2)21(24(28)25(26)29)23(27)17-10-11-20-18(14-17)13-16(3)30-20/h6-11,14,16,22,27H,4-5,12-13H2,1-3H3/b23-21+. The fraction of sp³-hybridized carbons (Fsp3) is 0.360. The van der Waals surface area contributed by atoms with Gasteiger partial charge in [-0.15, -0.1) is 0 Å². The van der Waals surface area contributed by atoms with Crippen molar-refractivity contribution >= 4 is 17.4 Å². The number of amides is 1. The van der Waals surface area contributed by atoms with E-state index in [0.29, 0.717) is 12.1 Å². The normalized spacial score (nSPS) is 22.3. The largest absolute Gasteiger partial charge is 0.507 e. The molecule has 1 fully saturated rings. The summed E-state index contributed by atoms with van der Waals surface area (Å²) in [6, 6.07) is 12.6. The topological polar surface area (TPSA) is 66.8 Å². The van der Waals surface area contributed by atoms with Gasteiger partial charge in [0.15, 0.2) is 0 Å². The third-order valence-electron chi connectivity index (χ3n) is 5.95. The van der Waals surface area contributed by atoms with Gasteiger partial charge < -0.3 is 14.7 Å². The molecule has 0 aromatic heterocycles. The lowest BCUT2D eigenvalue weighted by Gasteiger charge is -2.26. The smallest absolute Gasteiger partial charge is 0.295 e. The number of aryl methyl sites for hydroxylation is 1. The summed E-state index contributed by atoms with van der Waals surface area (Å²) in [5.74, 6) is -0.487. The van der Waals surface area contributed by atoms with Crippen molar-refractivity contribution in [2.75, 3.05) is 6.54 Å². The zero-order chi connectivity index (χ0) is 21.4. The fourth-order valence-corrected chi connectivity index (χ4v) is 4.38. The first-order valence-electron chi connectivity index (χ1n) is 10.6. The number of rotatable bonds is 5. The van der Waals surface area contributed by atoms with Gasteiger partial charge in [-0.25, -0.2) is 0 Å². The van der Waals surface area contributed by atoms with Crippen molar-refractivity contribution in [2.45, 2.75) is 52.2 Å². The second kappa shape index (κ2) is 7.98. The van der Waals surface area contributed by atoms with Crippen molar-refractivity contribution in [3.8, 4) is 5.75 Å². The zero-order valence-electron chi connectivity index (χ0n) is 17.6. The van der Waals surface area contributed by atoms with E-state index in [4.69, 9.17) is 4.74 Å². The van der Waals surface area contributed by atoms with Gasteiger partial charge in [0.1, 0.15) is 17.6 Å². The molecule has 2 aliphatic heterocycles. The van der Waals surface area contributed by atoms with Crippen LogP contribution in [0.1, 0.15) is 55.0 Å². The molecule has 5 nitrogen and oxygen atoms in total. The summed E-state index contributed by atoms with van der Waals surface area (Å²) < 4.78 is 5.75. The Morgan fingerprint density at radius 2 is 1.97 bits per heavy atom. The van der Waals surface area contributed by atoms with Crippen LogP contribution in [-0.2, 0) is 16.0 Å². The van der Waals surface area contributed by atoms with Crippen molar-refractivity contribution in [3.05, 3.63) is 70.3 Å². The minimum atomic E-state index is -0.623. The number of hydrogen-bond acceptors (Lipinski definition) is 4. The predicted octanol–water partition coefficient (Wildman–Crippen LogP) is 4.54. The molecule has 0 bridgehead atoms. The molecule has 1 N–H and O–H groups in total. The van der Waals surface area contributed by atoms with E-state index >= 15 is 0 Å². The van der Waals surface area contributed by atoms with E-state index < -0.39 is 17.7 Å². The molecule has 2 heterocycles. The number of nitrogens with zero attached hydrogens (tertiary/aromatic N) is 1. The first-order chi connectivity index (χ1) is 14.4. The summed E-state index contributed by atoms with van der Waals surface area (Å²) in [6.45, 7) is 6.49. The molecule has 30 heavy (non-hydrogen) atoms. The Morgan fingerprint density at radius 3 is 2.70 bits per heavy atom. The number of Topliss-reactive ketones (excluding diaryl/α,β-unsaturated/α-hetero) is 1. The summed E-state index contributed by atoms with van der Waals surface area (Å²) in [7, 11) is 0. The Bertz CT molecular complexity index is 1040. The van der Waals surface area contributed by atoms with Gasteiger partial charge in [0, 0.05) is 18.5 Å². The summed E-state index contributed by atoms with van der Waals surface area (Å²) in [6.07, 6.45) is 2.54. The number of carbonyl (C=O) groups is 2. The molecule has 1 saturated heterocycles.